The van der Waals surface area contributed by atoms with Gasteiger partial charge in [-0.05, 0) is 41.5 Å². The molecule has 0 fully saturated rings. The number of ether oxygens (including phenoxy) is 2. The van der Waals surface area contributed by atoms with Gasteiger partial charge in [0.05, 0.1) is 5.69 Å². The summed E-state index contributed by atoms with van der Waals surface area (Å²) in [5.74, 6) is -1.82. The van der Waals surface area contributed by atoms with Crippen LogP contribution in [-0.2, 0) is 25.5 Å². The van der Waals surface area contributed by atoms with Gasteiger partial charge in [0, 0.05) is 25.6 Å². The third kappa shape index (κ3) is 9.89. The zero-order valence-corrected chi connectivity index (χ0v) is 18.1. The summed E-state index contributed by atoms with van der Waals surface area (Å²) in [6.45, 7) is 10.3. The number of nitrogens with one attached hydrogen (secondary N) is 2. The first kappa shape index (κ1) is 24.9. The summed E-state index contributed by atoms with van der Waals surface area (Å²) in [5.41, 5.74) is -1.06. The number of carbonyl (C=O) groups excluding carboxylic acids is 3. The number of nitrogens with zero attached hydrogens (tertiary/aromatic N) is 2. The predicted molar refractivity (Wildman–Crippen MR) is 106 cm³/mol. The van der Waals surface area contributed by atoms with Crippen LogP contribution in [-0.4, -0.2) is 62.5 Å². The molecule has 0 spiro atoms. The Hall–Kier alpha value is -3.11. The van der Waals surface area contributed by atoms with Gasteiger partial charge in [-0.3, -0.25) is 4.79 Å². The van der Waals surface area contributed by atoms with Crippen LogP contribution < -0.4 is 10.6 Å². The maximum atomic E-state index is 12.0. The van der Waals surface area contributed by atoms with Gasteiger partial charge in [-0.25, -0.2) is 23.9 Å². The van der Waals surface area contributed by atoms with E-state index < -0.39 is 41.3 Å². The zero-order valence-electron chi connectivity index (χ0n) is 18.1. The second-order valence-corrected chi connectivity index (χ2v) is 8.59. The van der Waals surface area contributed by atoms with Crippen molar-refractivity contribution in [1.29, 1.82) is 0 Å². The van der Waals surface area contributed by atoms with Crippen LogP contribution in [0.25, 0.3) is 0 Å². The molecule has 0 aliphatic carbocycles. The lowest BCUT2D eigenvalue weighted by Crippen LogP contribution is -2.43. The summed E-state index contributed by atoms with van der Waals surface area (Å²) in [7, 11) is 0. The van der Waals surface area contributed by atoms with E-state index in [4.69, 9.17) is 9.47 Å². The van der Waals surface area contributed by atoms with Crippen LogP contribution in [0.3, 0.4) is 0 Å². The Balaban J connectivity index is 2.57. The first-order valence-corrected chi connectivity index (χ1v) is 9.41. The molecule has 11 heteroatoms. The lowest BCUT2D eigenvalue weighted by Gasteiger charge is -2.19. The van der Waals surface area contributed by atoms with E-state index in [-0.39, 0.29) is 19.4 Å². The average Bonchev–Trinajstić information content (AvgIpc) is 2.99. The predicted octanol–water partition coefficient (Wildman–Crippen LogP) is 1.69. The van der Waals surface area contributed by atoms with Gasteiger partial charge in [0.1, 0.15) is 23.6 Å². The first-order valence-electron chi connectivity index (χ1n) is 9.41. The van der Waals surface area contributed by atoms with E-state index in [0.717, 1.165) is 4.57 Å². The van der Waals surface area contributed by atoms with Crippen LogP contribution in [0.15, 0.2) is 12.5 Å². The minimum Gasteiger partial charge on any atom is -0.480 e. The van der Waals surface area contributed by atoms with E-state index in [9.17, 15) is 24.3 Å². The molecule has 1 heterocycles. The highest BCUT2D eigenvalue weighted by Gasteiger charge is 2.23. The first-order chi connectivity index (χ1) is 13.7. The van der Waals surface area contributed by atoms with Crippen molar-refractivity contribution in [1.82, 2.24) is 20.2 Å². The number of alkyl carbamates (subject to hydrolysis) is 1. The van der Waals surface area contributed by atoms with Gasteiger partial charge in [0.25, 0.3) is 0 Å². The number of hydrogen-bond acceptors (Lipinski definition) is 7. The topological polar surface area (TPSA) is 149 Å². The normalized spacial score (nSPS) is 12.6. The molecule has 1 unspecified atom stereocenters. The molecular formula is C19H30N4O7. The fourth-order valence-corrected chi connectivity index (χ4v) is 2.15. The highest BCUT2D eigenvalue weighted by atomic mass is 16.6. The minimum absolute atomic E-state index is 0.0135. The zero-order chi connectivity index (χ0) is 23.1. The van der Waals surface area contributed by atoms with Gasteiger partial charge in [-0.15, -0.1) is 0 Å². The Kier molecular flexibility index (Phi) is 8.38. The summed E-state index contributed by atoms with van der Waals surface area (Å²) in [5, 5.41) is 14.2. The van der Waals surface area contributed by atoms with Gasteiger partial charge in [0.2, 0.25) is 5.91 Å². The summed E-state index contributed by atoms with van der Waals surface area (Å²) >= 11 is 0. The number of carboxylic acid groups (broad SMARTS) is 1. The third-order valence-corrected chi connectivity index (χ3v) is 3.31. The molecule has 0 saturated heterocycles. The number of hydrogen-bond donors (Lipinski definition) is 3. The second-order valence-electron chi connectivity index (χ2n) is 8.59. The Morgan fingerprint density at radius 2 is 1.70 bits per heavy atom. The molecule has 3 N–H and O–H groups in total. The Morgan fingerprint density at radius 3 is 2.23 bits per heavy atom. The maximum absolute atomic E-state index is 12.0. The Labute approximate surface area is 175 Å². The molecule has 168 valence electrons. The van der Waals surface area contributed by atoms with Crippen LogP contribution in [0.5, 0.6) is 0 Å². The van der Waals surface area contributed by atoms with Crippen molar-refractivity contribution in [3.8, 4) is 0 Å². The smallest absolute Gasteiger partial charge is 0.419 e. The van der Waals surface area contributed by atoms with Crippen LogP contribution in [0.4, 0.5) is 9.59 Å². The molecule has 0 aromatic carbocycles. The maximum Gasteiger partial charge on any atom is 0.419 e. The Morgan fingerprint density at radius 1 is 1.10 bits per heavy atom. The van der Waals surface area contributed by atoms with E-state index in [1.165, 1.54) is 12.5 Å². The van der Waals surface area contributed by atoms with Crippen molar-refractivity contribution in [2.24, 2.45) is 0 Å². The van der Waals surface area contributed by atoms with Gasteiger partial charge >= 0.3 is 18.2 Å². The average molecular weight is 426 g/mol. The summed E-state index contributed by atoms with van der Waals surface area (Å²) in [4.78, 5) is 51.0. The van der Waals surface area contributed by atoms with Crippen molar-refractivity contribution < 1.29 is 33.8 Å². The molecule has 1 atom stereocenters. The van der Waals surface area contributed by atoms with Gasteiger partial charge in [-0.1, -0.05) is 0 Å². The fourth-order valence-electron chi connectivity index (χ4n) is 2.15. The highest BCUT2D eigenvalue weighted by molar-refractivity contribution is 5.84. The molecular weight excluding hydrogens is 396 g/mol. The number of aliphatic carboxylic acids is 1. The summed E-state index contributed by atoms with van der Waals surface area (Å²) < 4.78 is 11.3. The fraction of sp³-hybridized carbons (Fsp3) is 0.632. The van der Waals surface area contributed by atoms with Crippen molar-refractivity contribution in [3.05, 3.63) is 18.2 Å². The van der Waals surface area contributed by atoms with Crippen molar-refractivity contribution in [2.75, 3.05) is 6.54 Å². The third-order valence-electron chi connectivity index (χ3n) is 3.31. The molecule has 1 aromatic rings. The van der Waals surface area contributed by atoms with E-state index in [1.807, 2.05) is 0 Å². The molecule has 0 aliphatic rings. The number of rotatable bonds is 7. The molecule has 1 rings (SSSR count). The number of carboxylic acids is 1. The SMILES string of the molecule is CC(C)(C)OC(=O)NCCC(=O)NC(Cc1cn(C(=O)OC(C)(C)C)cn1)C(=O)O. The number of carbonyl (C=O) groups is 4. The lowest BCUT2D eigenvalue weighted by atomic mass is 10.1. The van der Waals surface area contributed by atoms with Crippen molar-refractivity contribution in [3.63, 3.8) is 0 Å². The van der Waals surface area contributed by atoms with E-state index >= 15 is 0 Å². The number of amides is 2. The standard InChI is InChI=1S/C19H30N4O7/c1-18(2,3)29-16(27)20-8-7-14(24)22-13(15(25)26)9-12-10-23(11-21-12)17(28)30-19(4,5)6/h10-11,13H,7-9H2,1-6H3,(H,20,27)(H,22,24)(H,25,26). The molecule has 11 nitrogen and oxygen atoms in total. The summed E-state index contributed by atoms with van der Waals surface area (Å²) in [6, 6.07) is -1.25. The van der Waals surface area contributed by atoms with Gasteiger partial charge in [-0.2, -0.15) is 0 Å². The van der Waals surface area contributed by atoms with Gasteiger partial charge in [0.15, 0.2) is 0 Å². The Bertz CT molecular complexity index is 775. The minimum atomic E-state index is -1.25. The molecule has 0 bridgehead atoms. The van der Waals surface area contributed by atoms with Crippen LogP contribution in [0, 0.1) is 0 Å². The van der Waals surface area contributed by atoms with Gasteiger partial charge < -0.3 is 25.2 Å². The lowest BCUT2D eigenvalue weighted by molar-refractivity contribution is -0.141. The second kappa shape index (κ2) is 10.1. The van der Waals surface area contributed by atoms with E-state index in [0.29, 0.717) is 5.69 Å². The van der Waals surface area contributed by atoms with Crippen LogP contribution >= 0.6 is 0 Å². The molecule has 30 heavy (non-hydrogen) atoms. The monoisotopic (exact) mass is 426 g/mol. The number of aromatic nitrogens is 2. The molecule has 1 aromatic heterocycles. The highest BCUT2D eigenvalue weighted by Crippen LogP contribution is 2.10. The molecule has 0 aliphatic heterocycles. The number of imidazole rings is 1. The summed E-state index contributed by atoms with van der Waals surface area (Å²) in [6.07, 6.45) is 0.990. The van der Waals surface area contributed by atoms with Crippen molar-refractivity contribution >= 4 is 24.1 Å². The van der Waals surface area contributed by atoms with Crippen LogP contribution in [0.2, 0.25) is 0 Å². The van der Waals surface area contributed by atoms with Crippen LogP contribution in [0.1, 0.15) is 53.7 Å². The molecule has 0 radical (unpaired) electrons. The van der Waals surface area contributed by atoms with E-state index in [1.54, 1.807) is 41.5 Å². The van der Waals surface area contributed by atoms with E-state index in [2.05, 4.69) is 15.6 Å². The largest absolute Gasteiger partial charge is 0.480 e. The quantitative estimate of drug-likeness (QED) is 0.596. The molecule has 2 amide bonds. The van der Waals surface area contributed by atoms with Crippen molar-refractivity contribution in [2.45, 2.75) is 71.6 Å². The molecule has 0 saturated carbocycles.